The Morgan fingerprint density at radius 1 is 1.23 bits per heavy atom. The summed E-state index contributed by atoms with van der Waals surface area (Å²) in [5.74, 6) is -0.391. The van der Waals surface area contributed by atoms with Gasteiger partial charge in [0.15, 0.2) is 0 Å². The van der Waals surface area contributed by atoms with Crippen LogP contribution in [0.2, 0.25) is 0 Å². The van der Waals surface area contributed by atoms with Gasteiger partial charge in [0.05, 0.1) is 18.3 Å². The van der Waals surface area contributed by atoms with Gasteiger partial charge in [0.25, 0.3) is 0 Å². The summed E-state index contributed by atoms with van der Waals surface area (Å²) >= 11 is 0. The number of aliphatic hydroxyl groups is 4. The fourth-order valence-corrected chi connectivity index (χ4v) is 8.44. The van der Waals surface area contributed by atoms with Crippen molar-refractivity contribution in [2.45, 2.75) is 96.2 Å². The molecule has 2 fully saturated rings. The molecule has 7 heteroatoms. The van der Waals surface area contributed by atoms with Gasteiger partial charge in [-0.05, 0) is 121 Å². The summed E-state index contributed by atoms with van der Waals surface area (Å²) in [6.07, 6.45) is 15.9. The largest absolute Gasteiger partial charge is 0.396 e. The lowest BCUT2D eigenvalue weighted by atomic mass is 9.47. The van der Waals surface area contributed by atoms with Crippen molar-refractivity contribution >= 4 is 6.29 Å². The molecule has 43 heavy (non-hydrogen) atoms. The van der Waals surface area contributed by atoms with Gasteiger partial charge in [-0.3, -0.25) is 4.79 Å². The van der Waals surface area contributed by atoms with E-state index in [-0.39, 0.29) is 31.0 Å². The first-order valence-corrected chi connectivity index (χ1v) is 16.6. The highest BCUT2D eigenvalue weighted by atomic mass is 16.3. The predicted molar refractivity (Wildman–Crippen MR) is 174 cm³/mol. The van der Waals surface area contributed by atoms with E-state index in [9.17, 15) is 25.2 Å². The maximum atomic E-state index is 12.6. The van der Waals surface area contributed by atoms with E-state index in [2.05, 4.69) is 37.1 Å². The lowest BCUT2D eigenvalue weighted by molar-refractivity contribution is -0.190. The van der Waals surface area contributed by atoms with Gasteiger partial charge in [-0.1, -0.05) is 54.5 Å². The van der Waals surface area contributed by atoms with Gasteiger partial charge in [0, 0.05) is 24.5 Å². The monoisotopic (exact) mass is 598 g/mol. The number of fused-ring (bicyclic) bond motifs is 1. The Bertz CT molecular complexity index is 1060. The molecule has 0 bridgehead atoms. The molecule has 242 valence electrons. The minimum absolute atomic E-state index is 0.0247. The molecule has 0 heterocycles. The lowest BCUT2D eigenvalue weighted by Crippen LogP contribution is -2.63. The number of carbonyl (C=O) groups excluding carboxylic acids is 1. The molecule has 0 unspecified atom stereocenters. The standard InChI is InChI=1S/C36H58N2O5/c1-5-38-23-27(3)12-6-10-26(2)11-7-14-29(24-40)31-17-18-36(34(31)42)32(16-9-21-39)33-28(13-8-15-30(33)25-41)22-35(36,43)19-20-37-4/h7,11-12,14,25,28,31-32,34,37-40,42-43H,2,5-6,8-10,13,15-24H2,1,3-4H3/b11-7+,27-12+,29-14-/t28-,31-,32-,34+,35+,36+/m0/s1. The molecule has 3 aliphatic carbocycles. The van der Waals surface area contributed by atoms with Gasteiger partial charge in [0.1, 0.15) is 6.29 Å². The number of rotatable bonds is 17. The average molecular weight is 599 g/mol. The van der Waals surface area contributed by atoms with Gasteiger partial charge in [-0.2, -0.15) is 0 Å². The van der Waals surface area contributed by atoms with Crippen LogP contribution in [0.1, 0.15) is 84.5 Å². The lowest BCUT2D eigenvalue weighted by Gasteiger charge is -2.60. The Morgan fingerprint density at radius 2 is 2.02 bits per heavy atom. The van der Waals surface area contributed by atoms with Crippen LogP contribution in [0.15, 0.2) is 58.7 Å². The van der Waals surface area contributed by atoms with Crippen molar-refractivity contribution in [3.05, 3.63) is 58.7 Å². The van der Waals surface area contributed by atoms with Crippen LogP contribution in [0.3, 0.4) is 0 Å². The zero-order chi connectivity index (χ0) is 31.5. The zero-order valence-electron chi connectivity index (χ0n) is 26.9. The molecule has 6 atom stereocenters. The normalized spacial score (nSPS) is 31.7. The topological polar surface area (TPSA) is 122 Å². The second-order valence-corrected chi connectivity index (χ2v) is 13.1. The summed E-state index contributed by atoms with van der Waals surface area (Å²) < 4.78 is 0. The highest BCUT2D eigenvalue weighted by Gasteiger charge is 2.67. The third-order valence-electron chi connectivity index (χ3n) is 10.5. The number of nitrogens with one attached hydrogen (secondary N) is 2. The summed E-state index contributed by atoms with van der Waals surface area (Å²) in [5, 5.41) is 51.7. The van der Waals surface area contributed by atoms with E-state index in [1.807, 2.05) is 25.3 Å². The Kier molecular flexibility index (Phi) is 14.1. The van der Waals surface area contributed by atoms with Crippen LogP contribution in [0.4, 0.5) is 0 Å². The number of aliphatic hydroxyl groups excluding tert-OH is 3. The fraction of sp³-hybridized carbons (Fsp3) is 0.694. The smallest absolute Gasteiger partial charge is 0.145 e. The molecule has 0 aromatic rings. The van der Waals surface area contributed by atoms with E-state index in [4.69, 9.17) is 0 Å². The molecule has 0 aromatic carbocycles. The number of aldehydes is 1. The van der Waals surface area contributed by atoms with Crippen LogP contribution in [0, 0.1) is 23.2 Å². The highest BCUT2D eigenvalue weighted by Crippen LogP contribution is 2.66. The molecule has 0 radical (unpaired) electrons. The molecule has 0 amide bonds. The highest BCUT2D eigenvalue weighted by molar-refractivity contribution is 5.75. The molecule has 0 aliphatic heterocycles. The van der Waals surface area contributed by atoms with Crippen molar-refractivity contribution in [2.75, 3.05) is 39.9 Å². The van der Waals surface area contributed by atoms with E-state index in [0.29, 0.717) is 45.1 Å². The molecular weight excluding hydrogens is 540 g/mol. The van der Waals surface area contributed by atoms with Crippen molar-refractivity contribution in [3.8, 4) is 0 Å². The third kappa shape index (κ3) is 8.05. The number of hydrogen-bond donors (Lipinski definition) is 6. The number of carbonyl (C=O) groups is 1. The molecular formula is C36H58N2O5. The van der Waals surface area contributed by atoms with Crippen LogP contribution in [0.25, 0.3) is 0 Å². The third-order valence-corrected chi connectivity index (χ3v) is 10.5. The SMILES string of the molecule is C=C(/C=C/C=C(/CO)[C@@H]1CC[C@]2([C@@H]1O)[C@@H](CCCO)C1=C(C=O)CCC[C@H]1C[C@]2(O)CCNC)CC/C=C(\C)CNCC. The van der Waals surface area contributed by atoms with E-state index >= 15 is 0 Å². The van der Waals surface area contributed by atoms with Crippen LogP contribution < -0.4 is 10.6 Å². The number of likely N-dealkylation sites (N-methyl/N-ethyl adjacent to an activating group) is 1. The number of allylic oxidation sites excluding steroid dienone is 7. The molecule has 3 aliphatic rings. The Balaban J connectivity index is 1.90. The Hall–Kier alpha value is -1.87. The molecule has 6 N–H and O–H groups in total. The van der Waals surface area contributed by atoms with E-state index < -0.39 is 17.1 Å². The van der Waals surface area contributed by atoms with Crippen LogP contribution >= 0.6 is 0 Å². The van der Waals surface area contributed by atoms with Crippen molar-refractivity contribution in [3.63, 3.8) is 0 Å². The fourth-order valence-electron chi connectivity index (χ4n) is 8.44. The Morgan fingerprint density at radius 3 is 2.70 bits per heavy atom. The first-order valence-electron chi connectivity index (χ1n) is 16.6. The predicted octanol–water partition coefficient (Wildman–Crippen LogP) is 4.54. The summed E-state index contributed by atoms with van der Waals surface area (Å²) in [4.78, 5) is 12.3. The molecule has 2 saturated carbocycles. The zero-order valence-corrected chi connectivity index (χ0v) is 26.9. The van der Waals surface area contributed by atoms with Gasteiger partial charge < -0.3 is 31.1 Å². The average Bonchev–Trinajstić information content (AvgIpc) is 3.34. The molecule has 3 rings (SSSR count). The van der Waals surface area contributed by atoms with Gasteiger partial charge in [-0.25, -0.2) is 0 Å². The van der Waals surface area contributed by atoms with Gasteiger partial charge in [-0.15, -0.1) is 0 Å². The Labute approximate surface area is 259 Å². The van der Waals surface area contributed by atoms with Crippen molar-refractivity contribution in [1.29, 1.82) is 0 Å². The maximum Gasteiger partial charge on any atom is 0.145 e. The van der Waals surface area contributed by atoms with E-state index in [1.165, 1.54) is 5.57 Å². The first-order chi connectivity index (χ1) is 20.7. The summed E-state index contributed by atoms with van der Waals surface area (Å²) in [6, 6.07) is 0. The van der Waals surface area contributed by atoms with Crippen LogP contribution in [-0.4, -0.2) is 78.3 Å². The quantitative estimate of drug-likeness (QED) is 0.0826. The number of hydrogen-bond acceptors (Lipinski definition) is 7. The summed E-state index contributed by atoms with van der Waals surface area (Å²) in [6.45, 7) is 10.7. The van der Waals surface area contributed by atoms with Crippen molar-refractivity contribution in [2.24, 2.45) is 23.2 Å². The van der Waals surface area contributed by atoms with Gasteiger partial charge in [0.2, 0.25) is 0 Å². The van der Waals surface area contributed by atoms with Crippen LogP contribution in [-0.2, 0) is 4.79 Å². The van der Waals surface area contributed by atoms with Crippen molar-refractivity contribution in [1.82, 2.24) is 10.6 Å². The van der Waals surface area contributed by atoms with E-state index in [0.717, 1.165) is 73.8 Å². The molecule has 0 aromatic heterocycles. The maximum absolute atomic E-state index is 12.6. The second kappa shape index (κ2) is 17.0. The minimum atomic E-state index is -1.13. The molecule has 7 nitrogen and oxygen atoms in total. The molecule has 0 saturated heterocycles. The first kappa shape index (κ1) is 35.6. The minimum Gasteiger partial charge on any atom is -0.396 e. The van der Waals surface area contributed by atoms with E-state index in [1.54, 1.807) is 0 Å². The van der Waals surface area contributed by atoms with Crippen molar-refractivity contribution < 1.29 is 25.2 Å². The van der Waals surface area contributed by atoms with Gasteiger partial charge >= 0.3 is 0 Å². The summed E-state index contributed by atoms with van der Waals surface area (Å²) in [5.41, 5.74) is 3.02. The molecule has 1 spiro atoms. The second-order valence-electron chi connectivity index (χ2n) is 13.1. The van der Waals surface area contributed by atoms with Crippen LogP contribution in [0.5, 0.6) is 0 Å². The summed E-state index contributed by atoms with van der Waals surface area (Å²) in [7, 11) is 1.88.